The third kappa shape index (κ3) is 3.41. The van der Waals surface area contributed by atoms with Crippen LogP contribution in [-0.4, -0.2) is 29.7 Å². The van der Waals surface area contributed by atoms with Gasteiger partial charge in [-0.05, 0) is 16.7 Å². The summed E-state index contributed by atoms with van der Waals surface area (Å²) in [5, 5.41) is 9.74. The molecule has 2 aromatic carbocycles. The maximum Gasteiger partial charge on any atom is 0.0512 e. The van der Waals surface area contributed by atoms with Crippen molar-refractivity contribution in [1.29, 1.82) is 0 Å². The normalized spacial score (nSPS) is 19.3. The molecule has 108 valence electrons. The Morgan fingerprint density at radius 1 is 0.952 bits per heavy atom. The molecule has 0 saturated carbocycles. The van der Waals surface area contributed by atoms with E-state index in [-0.39, 0.29) is 12.5 Å². The van der Waals surface area contributed by atoms with E-state index < -0.39 is 0 Å². The highest BCUT2D eigenvalue weighted by atomic mass is 16.3. The van der Waals surface area contributed by atoms with Gasteiger partial charge in [0.15, 0.2) is 0 Å². The third-order valence-corrected chi connectivity index (χ3v) is 4.06. The second-order valence-corrected chi connectivity index (χ2v) is 5.58. The summed E-state index contributed by atoms with van der Waals surface area (Å²) in [6, 6.07) is 20.9. The van der Waals surface area contributed by atoms with Crippen LogP contribution < -0.4 is 0 Å². The first-order valence-corrected chi connectivity index (χ1v) is 7.49. The van der Waals surface area contributed by atoms with Crippen molar-refractivity contribution in [3.05, 3.63) is 77.9 Å². The van der Waals surface area contributed by atoms with Gasteiger partial charge in [0.1, 0.15) is 0 Å². The summed E-state index contributed by atoms with van der Waals surface area (Å²) < 4.78 is 0. The Bertz CT molecular complexity index is 591. The lowest BCUT2D eigenvalue weighted by Gasteiger charge is -2.32. The number of hydrogen-bond acceptors (Lipinski definition) is 2. The molecule has 21 heavy (non-hydrogen) atoms. The molecular formula is C19H21NO. The van der Waals surface area contributed by atoms with Gasteiger partial charge in [0.2, 0.25) is 0 Å². The van der Waals surface area contributed by atoms with Gasteiger partial charge >= 0.3 is 0 Å². The number of aliphatic hydroxyl groups excluding tert-OH is 1. The topological polar surface area (TPSA) is 23.5 Å². The fourth-order valence-electron chi connectivity index (χ4n) is 2.99. The minimum absolute atomic E-state index is 0.199. The highest BCUT2D eigenvalue weighted by molar-refractivity contribution is 5.68. The van der Waals surface area contributed by atoms with Gasteiger partial charge in [-0.15, -0.1) is 0 Å². The lowest BCUT2D eigenvalue weighted by atomic mass is 9.89. The van der Waals surface area contributed by atoms with E-state index in [9.17, 15) is 5.11 Å². The van der Waals surface area contributed by atoms with Gasteiger partial charge in [-0.2, -0.15) is 0 Å². The van der Waals surface area contributed by atoms with Crippen molar-refractivity contribution in [1.82, 2.24) is 4.90 Å². The molecular weight excluding hydrogens is 258 g/mol. The van der Waals surface area contributed by atoms with Crippen LogP contribution in [0.2, 0.25) is 0 Å². The van der Waals surface area contributed by atoms with Crippen molar-refractivity contribution in [3.63, 3.8) is 0 Å². The summed E-state index contributed by atoms with van der Waals surface area (Å²) in [4.78, 5) is 2.39. The average molecular weight is 279 g/mol. The number of benzene rings is 2. The van der Waals surface area contributed by atoms with Crippen molar-refractivity contribution < 1.29 is 5.11 Å². The zero-order chi connectivity index (χ0) is 14.5. The van der Waals surface area contributed by atoms with Crippen LogP contribution in [0.15, 0.2) is 66.7 Å². The zero-order valence-electron chi connectivity index (χ0n) is 12.2. The van der Waals surface area contributed by atoms with Crippen LogP contribution >= 0.6 is 0 Å². The SMILES string of the molecule is OCC1CN(Cc2ccccc2)CC=C1c1ccccc1. The van der Waals surface area contributed by atoms with Crippen LogP contribution in [0.4, 0.5) is 0 Å². The molecule has 0 aromatic heterocycles. The molecule has 0 amide bonds. The van der Waals surface area contributed by atoms with Gasteiger partial charge in [0.05, 0.1) is 6.61 Å². The van der Waals surface area contributed by atoms with Crippen molar-refractivity contribution >= 4 is 5.57 Å². The minimum Gasteiger partial charge on any atom is -0.396 e. The molecule has 1 atom stereocenters. The van der Waals surface area contributed by atoms with Gasteiger partial charge in [-0.25, -0.2) is 0 Å². The van der Waals surface area contributed by atoms with E-state index >= 15 is 0 Å². The zero-order valence-corrected chi connectivity index (χ0v) is 12.2. The summed E-state index contributed by atoms with van der Waals surface area (Å²) >= 11 is 0. The van der Waals surface area contributed by atoms with Crippen molar-refractivity contribution in [2.24, 2.45) is 5.92 Å². The number of rotatable bonds is 4. The van der Waals surface area contributed by atoms with Crippen molar-refractivity contribution in [2.45, 2.75) is 6.54 Å². The molecule has 0 fully saturated rings. The van der Waals surface area contributed by atoms with Crippen molar-refractivity contribution in [3.8, 4) is 0 Å². The van der Waals surface area contributed by atoms with Gasteiger partial charge in [0, 0.05) is 25.6 Å². The predicted molar refractivity (Wildman–Crippen MR) is 86.7 cm³/mol. The van der Waals surface area contributed by atoms with E-state index in [0.29, 0.717) is 0 Å². The van der Waals surface area contributed by atoms with Gasteiger partial charge in [-0.1, -0.05) is 66.7 Å². The molecule has 2 aromatic rings. The summed E-state index contributed by atoms with van der Waals surface area (Å²) in [5.74, 6) is 0.199. The smallest absolute Gasteiger partial charge is 0.0512 e. The fourth-order valence-corrected chi connectivity index (χ4v) is 2.99. The maximum atomic E-state index is 9.74. The quantitative estimate of drug-likeness (QED) is 0.929. The number of nitrogens with zero attached hydrogens (tertiary/aromatic N) is 1. The second-order valence-electron chi connectivity index (χ2n) is 5.58. The predicted octanol–water partition coefficient (Wildman–Crippen LogP) is 3.19. The van der Waals surface area contributed by atoms with Gasteiger partial charge < -0.3 is 5.11 Å². The highest BCUT2D eigenvalue weighted by Gasteiger charge is 2.22. The molecule has 0 bridgehead atoms. The molecule has 1 aliphatic rings. The molecule has 2 heteroatoms. The van der Waals surface area contributed by atoms with Crippen molar-refractivity contribution in [2.75, 3.05) is 19.7 Å². The van der Waals surface area contributed by atoms with Gasteiger partial charge in [-0.3, -0.25) is 4.90 Å². The Labute approximate surface area is 126 Å². The molecule has 1 N–H and O–H groups in total. The summed E-state index contributed by atoms with van der Waals surface area (Å²) in [6.07, 6.45) is 2.27. The standard InChI is InChI=1S/C19H21NO/c21-15-18-14-20(13-16-7-3-1-4-8-16)12-11-19(18)17-9-5-2-6-10-17/h1-11,18,21H,12-15H2. The summed E-state index contributed by atoms with van der Waals surface area (Å²) in [7, 11) is 0. The Morgan fingerprint density at radius 3 is 2.29 bits per heavy atom. The van der Waals surface area contributed by atoms with Crippen LogP contribution in [-0.2, 0) is 6.54 Å². The van der Waals surface area contributed by atoms with Crippen LogP contribution in [0.25, 0.3) is 5.57 Å². The monoisotopic (exact) mass is 279 g/mol. The van der Waals surface area contributed by atoms with Crippen LogP contribution in [0, 0.1) is 5.92 Å². The first kappa shape index (κ1) is 14.1. The van der Waals surface area contributed by atoms with Crippen LogP contribution in [0.1, 0.15) is 11.1 Å². The maximum absolute atomic E-state index is 9.74. The molecule has 2 nitrogen and oxygen atoms in total. The largest absolute Gasteiger partial charge is 0.396 e. The third-order valence-electron chi connectivity index (χ3n) is 4.06. The van der Waals surface area contributed by atoms with E-state index in [0.717, 1.165) is 19.6 Å². The van der Waals surface area contributed by atoms with Gasteiger partial charge in [0.25, 0.3) is 0 Å². The Hall–Kier alpha value is -1.90. The van der Waals surface area contributed by atoms with Crippen LogP contribution in [0.3, 0.4) is 0 Å². The molecule has 0 aliphatic carbocycles. The molecule has 1 unspecified atom stereocenters. The Kier molecular flexibility index (Phi) is 4.49. The second kappa shape index (κ2) is 6.70. The van der Waals surface area contributed by atoms with E-state index in [1.165, 1.54) is 16.7 Å². The molecule has 0 spiro atoms. The number of hydrogen-bond donors (Lipinski definition) is 1. The Balaban J connectivity index is 1.75. The lowest BCUT2D eigenvalue weighted by Crippen LogP contribution is -2.35. The van der Waals surface area contributed by atoms with E-state index in [1.807, 2.05) is 12.1 Å². The fraction of sp³-hybridized carbons (Fsp3) is 0.263. The average Bonchev–Trinajstić information content (AvgIpc) is 2.56. The lowest BCUT2D eigenvalue weighted by molar-refractivity contribution is 0.189. The highest BCUT2D eigenvalue weighted by Crippen LogP contribution is 2.28. The minimum atomic E-state index is 0.199. The van der Waals surface area contributed by atoms with E-state index in [4.69, 9.17) is 0 Å². The van der Waals surface area contributed by atoms with E-state index in [2.05, 4.69) is 59.5 Å². The van der Waals surface area contributed by atoms with E-state index in [1.54, 1.807) is 0 Å². The molecule has 0 saturated heterocycles. The molecule has 0 radical (unpaired) electrons. The first-order valence-electron chi connectivity index (χ1n) is 7.49. The summed E-state index contributed by atoms with van der Waals surface area (Å²) in [5.41, 5.74) is 3.84. The Morgan fingerprint density at radius 2 is 1.62 bits per heavy atom. The molecule has 1 aliphatic heterocycles. The van der Waals surface area contributed by atoms with Crippen LogP contribution in [0.5, 0.6) is 0 Å². The molecule has 3 rings (SSSR count). The first-order chi connectivity index (χ1) is 10.4. The molecule has 1 heterocycles. The summed E-state index contributed by atoms with van der Waals surface area (Å²) in [6.45, 7) is 2.99. The number of aliphatic hydroxyl groups is 1.